The maximum atomic E-state index is 13.6. The molecule has 2 aromatic carbocycles. The van der Waals surface area contributed by atoms with Gasteiger partial charge >= 0.3 is 0 Å². The summed E-state index contributed by atoms with van der Waals surface area (Å²) in [6.07, 6.45) is 2.09. The average Bonchev–Trinajstić information content (AvgIpc) is 2.73. The summed E-state index contributed by atoms with van der Waals surface area (Å²) in [5.74, 6) is -0.00433. The zero-order valence-corrected chi connectivity index (χ0v) is 21.4. The quantitative estimate of drug-likeness (QED) is 0.478. The Morgan fingerprint density at radius 3 is 2.21 bits per heavy atom. The molecule has 0 aliphatic heterocycles. The van der Waals surface area contributed by atoms with Gasteiger partial charge in [0.15, 0.2) is 0 Å². The monoisotopic (exact) mass is 451 g/mol. The molecule has 0 aliphatic carbocycles. The number of amides is 2. The van der Waals surface area contributed by atoms with Gasteiger partial charge in [0.2, 0.25) is 11.8 Å². The molecule has 0 bridgehead atoms. The van der Waals surface area contributed by atoms with Crippen molar-refractivity contribution in [3.8, 4) is 0 Å². The highest BCUT2D eigenvalue weighted by Crippen LogP contribution is 2.28. The Balaban J connectivity index is 2.32. The third-order valence-corrected chi connectivity index (χ3v) is 5.61. The van der Waals surface area contributed by atoms with Crippen molar-refractivity contribution in [1.29, 1.82) is 0 Å². The van der Waals surface area contributed by atoms with Crippen LogP contribution < -0.4 is 10.2 Å². The van der Waals surface area contributed by atoms with Crippen LogP contribution in [0.4, 0.5) is 11.4 Å². The Labute approximate surface area is 200 Å². The van der Waals surface area contributed by atoms with E-state index >= 15 is 0 Å². The Kier molecular flexibility index (Phi) is 9.51. The van der Waals surface area contributed by atoms with Crippen LogP contribution in [-0.2, 0) is 16.1 Å². The molecule has 2 rings (SSSR count). The Morgan fingerprint density at radius 1 is 1.00 bits per heavy atom. The predicted octanol–water partition coefficient (Wildman–Crippen LogP) is 6.06. The predicted molar refractivity (Wildman–Crippen MR) is 139 cm³/mol. The van der Waals surface area contributed by atoms with E-state index in [-0.39, 0.29) is 23.1 Å². The molecular formula is C28H41N3O2. The van der Waals surface area contributed by atoms with Gasteiger partial charge in [-0.15, -0.1) is 0 Å². The van der Waals surface area contributed by atoms with Gasteiger partial charge in [0.25, 0.3) is 0 Å². The molecule has 0 saturated heterocycles. The van der Waals surface area contributed by atoms with Crippen molar-refractivity contribution >= 4 is 23.2 Å². The van der Waals surface area contributed by atoms with Gasteiger partial charge < -0.3 is 15.1 Å². The number of hydrogen-bond donors (Lipinski definition) is 1. The van der Waals surface area contributed by atoms with Gasteiger partial charge in [-0.1, -0.05) is 65.0 Å². The zero-order valence-electron chi connectivity index (χ0n) is 21.4. The lowest BCUT2D eigenvalue weighted by Crippen LogP contribution is -2.35. The molecule has 180 valence electrons. The summed E-state index contributed by atoms with van der Waals surface area (Å²) in [6.45, 7) is 11.5. The van der Waals surface area contributed by atoms with E-state index in [4.69, 9.17) is 0 Å². The first kappa shape index (κ1) is 26.4. The molecule has 0 heterocycles. The van der Waals surface area contributed by atoms with Crippen molar-refractivity contribution in [3.63, 3.8) is 0 Å². The molecular weight excluding hydrogens is 410 g/mol. The van der Waals surface area contributed by atoms with Crippen molar-refractivity contribution in [2.45, 2.75) is 66.3 Å². The molecule has 0 fully saturated rings. The summed E-state index contributed by atoms with van der Waals surface area (Å²) in [5.41, 5.74) is 3.82. The van der Waals surface area contributed by atoms with Gasteiger partial charge in [-0.3, -0.25) is 9.59 Å². The van der Waals surface area contributed by atoms with Gasteiger partial charge in [0.1, 0.15) is 0 Å². The minimum Gasteiger partial charge on any atom is -0.377 e. The van der Waals surface area contributed by atoms with Crippen LogP contribution >= 0.6 is 0 Å². The second-order valence-electron chi connectivity index (χ2n) is 10.2. The molecule has 5 heteroatoms. The number of anilines is 2. The Bertz CT molecular complexity index is 916. The summed E-state index contributed by atoms with van der Waals surface area (Å²) >= 11 is 0. The topological polar surface area (TPSA) is 52.7 Å². The van der Waals surface area contributed by atoms with Crippen molar-refractivity contribution in [3.05, 3.63) is 59.7 Å². The van der Waals surface area contributed by atoms with E-state index < -0.39 is 0 Å². The van der Waals surface area contributed by atoms with Crippen LogP contribution in [0.2, 0.25) is 0 Å². The van der Waals surface area contributed by atoms with Crippen LogP contribution in [0.1, 0.15) is 70.9 Å². The molecule has 1 atom stereocenters. The average molecular weight is 452 g/mol. The summed E-state index contributed by atoms with van der Waals surface area (Å²) in [4.78, 5) is 30.1. The first-order valence-electron chi connectivity index (χ1n) is 12.0. The van der Waals surface area contributed by atoms with Gasteiger partial charge in [-0.25, -0.2) is 0 Å². The molecule has 0 radical (unpaired) electrons. The fourth-order valence-corrected chi connectivity index (χ4v) is 4.11. The van der Waals surface area contributed by atoms with Crippen LogP contribution in [0.15, 0.2) is 48.5 Å². The highest BCUT2D eigenvalue weighted by Gasteiger charge is 2.25. The van der Waals surface area contributed by atoms with E-state index in [9.17, 15) is 9.59 Å². The van der Waals surface area contributed by atoms with Gasteiger partial charge in [0.05, 0.1) is 5.92 Å². The molecule has 0 aromatic heterocycles. The maximum Gasteiger partial charge on any atom is 0.230 e. The lowest BCUT2D eigenvalue weighted by Gasteiger charge is -2.29. The van der Waals surface area contributed by atoms with Crippen LogP contribution in [0.5, 0.6) is 0 Å². The number of rotatable bonds is 10. The lowest BCUT2D eigenvalue weighted by atomic mass is 9.92. The largest absolute Gasteiger partial charge is 0.377 e. The molecule has 1 unspecified atom stereocenters. The maximum absolute atomic E-state index is 13.6. The van der Waals surface area contributed by atoms with E-state index in [1.807, 2.05) is 67.5 Å². The van der Waals surface area contributed by atoms with E-state index in [0.717, 1.165) is 35.3 Å². The number of nitrogens with one attached hydrogen (secondary N) is 1. The van der Waals surface area contributed by atoms with Crippen LogP contribution in [-0.4, -0.2) is 37.4 Å². The summed E-state index contributed by atoms with van der Waals surface area (Å²) in [5, 5.41) is 3.04. The second kappa shape index (κ2) is 11.9. The van der Waals surface area contributed by atoms with E-state index in [1.54, 1.807) is 0 Å². The van der Waals surface area contributed by atoms with Gasteiger partial charge in [-0.2, -0.15) is 0 Å². The number of carbonyl (C=O) groups excluding carboxylic acids is 2. The molecule has 0 spiro atoms. The van der Waals surface area contributed by atoms with Gasteiger partial charge in [-0.05, 0) is 47.6 Å². The van der Waals surface area contributed by atoms with Crippen LogP contribution in [0, 0.1) is 5.41 Å². The normalized spacial score (nSPS) is 12.2. The van der Waals surface area contributed by atoms with Crippen molar-refractivity contribution in [1.82, 2.24) is 4.90 Å². The number of carbonyl (C=O) groups is 2. The minimum atomic E-state index is -0.157. The minimum absolute atomic E-state index is 0.00247. The smallest absolute Gasteiger partial charge is 0.230 e. The number of nitrogens with zero attached hydrogens (tertiary/aromatic N) is 2. The van der Waals surface area contributed by atoms with Crippen LogP contribution in [0.25, 0.3) is 0 Å². The van der Waals surface area contributed by atoms with Crippen molar-refractivity contribution < 1.29 is 9.59 Å². The second-order valence-corrected chi connectivity index (χ2v) is 10.2. The third-order valence-electron chi connectivity index (χ3n) is 5.61. The lowest BCUT2D eigenvalue weighted by molar-refractivity contribution is -0.133. The van der Waals surface area contributed by atoms with E-state index in [1.165, 1.54) is 0 Å². The SMILES string of the molecule is CCCN(Cc1cc(NC(=O)CC(C)(C)C)ccc1N(C)C)C(=O)C(CC)c1ccccc1. The fraction of sp³-hybridized carbons (Fsp3) is 0.500. The number of hydrogen-bond acceptors (Lipinski definition) is 3. The van der Waals surface area contributed by atoms with Gasteiger partial charge in [0, 0.05) is 45.0 Å². The van der Waals surface area contributed by atoms with E-state index in [0.29, 0.717) is 19.5 Å². The molecule has 0 aliphatic rings. The first-order chi connectivity index (χ1) is 15.6. The fourth-order valence-electron chi connectivity index (χ4n) is 4.11. The van der Waals surface area contributed by atoms with Crippen LogP contribution in [0.3, 0.4) is 0 Å². The van der Waals surface area contributed by atoms with E-state index in [2.05, 4.69) is 44.8 Å². The zero-order chi connectivity index (χ0) is 24.6. The molecule has 5 nitrogen and oxygen atoms in total. The third kappa shape index (κ3) is 7.92. The standard InChI is InChI=1S/C28H41N3O2/c1-8-17-31(27(33)24(9-2)21-13-11-10-12-14-21)20-22-18-23(15-16-25(22)30(6)7)29-26(32)19-28(3,4)5/h10-16,18,24H,8-9,17,19-20H2,1-7H3,(H,29,32). The highest BCUT2D eigenvalue weighted by molar-refractivity contribution is 5.91. The number of benzene rings is 2. The highest BCUT2D eigenvalue weighted by atomic mass is 16.2. The first-order valence-corrected chi connectivity index (χ1v) is 12.0. The molecule has 33 heavy (non-hydrogen) atoms. The molecule has 2 amide bonds. The van der Waals surface area contributed by atoms with Crippen molar-refractivity contribution in [2.75, 3.05) is 30.9 Å². The van der Waals surface area contributed by atoms with Crippen molar-refractivity contribution in [2.24, 2.45) is 5.41 Å². The Hall–Kier alpha value is -2.82. The molecule has 0 saturated carbocycles. The molecule has 2 aromatic rings. The summed E-state index contributed by atoms with van der Waals surface area (Å²) in [7, 11) is 4.00. The Morgan fingerprint density at radius 2 is 1.67 bits per heavy atom. The molecule has 1 N–H and O–H groups in total. The summed E-state index contributed by atoms with van der Waals surface area (Å²) in [6, 6.07) is 16.0. The summed E-state index contributed by atoms with van der Waals surface area (Å²) < 4.78 is 0.